The second-order valence-electron chi connectivity index (χ2n) is 3.92. The van der Waals surface area contributed by atoms with E-state index in [0.29, 0.717) is 19.4 Å². The monoisotopic (exact) mass is 254 g/mol. The normalized spacial score (nSPS) is 22.2. The van der Waals surface area contributed by atoms with E-state index in [0.717, 1.165) is 0 Å². The van der Waals surface area contributed by atoms with Crippen LogP contribution < -0.4 is 5.32 Å². The molecular weight excluding hydrogens is 241 g/mol. The number of nitrogens with one attached hydrogen (secondary N) is 1. The minimum Gasteiger partial charge on any atom is -0.481 e. The van der Waals surface area contributed by atoms with Crippen molar-refractivity contribution in [1.82, 2.24) is 10.2 Å². The Morgan fingerprint density at radius 2 is 2.06 bits per heavy atom. The summed E-state index contributed by atoms with van der Waals surface area (Å²) in [5.41, 5.74) is 0. The largest absolute Gasteiger partial charge is 0.481 e. The number of hydrogen-bond acceptors (Lipinski definition) is 3. The van der Waals surface area contributed by atoms with Crippen molar-refractivity contribution in [3.63, 3.8) is 0 Å². The van der Waals surface area contributed by atoms with E-state index in [2.05, 4.69) is 0 Å². The van der Waals surface area contributed by atoms with Gasteiger partial charge in [-0.15, -0.1) is 0 Å². The standard InChI is InChI=1S/C9H13F3N2O3/c10-9(11,12)8(17)13-5-14-3-1-2-6(4-14)7(15)16/h6H,1-5H2,(H,13,17)(H,15,16). The number of nitrogens with zero attached hydrogens (tertiary/aromatic N) is 1. The first-order valence-electron chi connectivity index (χ1n) is 5.11. The topological polar surface area (TPSA) is 69.6 Å². The molecule has 17 heavy (non-hydrogen) atoms. The third-order valence-corrected chi connectivity index (χ3v) is 2.58. The van der Waals surface area contributed by atoms with E-state index in [1.807, 2.05) is 0 Å². The van der Waals surface area contributed by atoms with Gasteiger partial charge in [0, 0.05) is 6.54 Å². The SMILES string of the molecule is O=C(O)C1CCCN(CNC(=O)C(F)(F)F)C1. The van der Waals surface area contributed by atoms with Crippen LogP contribution in [0, 0.1) is 5.92 Å². The summed E-state index contributed by atoms with van der Waals surface area (Å²) in [5.74, 6) is -3.54. The molecule has 0 aliphatic carbocycles. The lowest BCUT2D eigenvalue weighted by atomic mass is 9.99. The van der Waals surface area contributed by atoms with Crippen molar-refractivity contribution in [1.29, 1.82) is 0 Å². The van der Waals surface area contributed by atoms with Crippen LogP contribution >= 0.6 is 0 Å². The summed E-state index contributed by atoms with van der Waals surface area (Å²) in [4.78, 5) is 22.7. The van der Waals surface area contributed by atoms with Crippen LogP contribution in [-0.4, -0.2) is 47.8 Å². The molecule has 8 heteroatoms. The van der Waals surface area contributed by atoms with Crippen LogP contribution in [0.3, 0.4) is 0 Å². The van der Waals surface area contributed by atoms with Crippen molar-refractivity contribution >= 4 is 11.9 Å². The van der Waals surface area contributed by atoms with E-state index in [-0.39, 0.29) is 13.2 Å². The van der Waals surface area contributed by atoms with E-state index >= 15 is 0 Å². The van der Waals surface area contributed by atoms with Gasteiger partial charge in [0.2, 0.25) is 0 Å². The highest BCUT2D eigenvalue weighted by Crippen LogP contribution is 2.17. The molecule has 1 atom stereocenters. The molecule has 1 saturated heterocycles. The maximum absolute atomic E-state index is 11.9. The number of aliphatic carboxylic acids is 1. The molecule has 1 aliphatic rings. The van der Waals surface area contributed by atoms with Crippen molar-refractivity contribution in [3.05, 3.63) is 0 Å². The number of alkyl halides is 3. The molecule has 0 aromatic heterocycles. The average Bonchev–Trinajstić information content (AvgIpc) is 2.25. The molecule has 1 fully saturated rings. The Hall–Kier alpha value is -1.31. The lowest BCUT2D eigenvalue weighted by Gasteiger charge is -2.30. The Morgan fingerprint density at radius 3 is 2.59 bits per heavy atom. The lowest BCUT2D eigenvalue weighted by molar-refractivity contribution is -0.174. The second kappa shape index (κ2) is 5.35. The quantitative estimate of drug-likeness (QED) is 0.765. The van der Waals surface area contributed by atoms with Gasteiger partial charge in [-0.25, -0.2) is 0 Å². The molecule has 98 valence electrons. The zero-order valence-electron chi connectivity index (χ0n) is 8.96. The van der Waals surface area contributed by atoms with Gasteiger partial charge in [0.1, 0.15) is 0 Å². The molecular formula is C9H13F3N2O3. The van der Waals surface area contributed by atoms with Gasteiger partial charge in [0.05, 0.1) is 12.6 Å². The fraction of sp³-hybridized carbons (Fsp3) is 0.778. The smallest absolute Gasteiger partial charge is 0.471 e. The summed E-state index contributed by atoms with van der Waals surface area (Å²) >= 11 is 0. The highest BCUT2D eigenvalue weighted by molar-refractivity contribution is 5.81. The molecule has 0 aromatic rings. The molecule has 0 saturated carbocycles. The van der Waals surface area contributed by atoms with Gasteiger partial charge in [0.25, 0.3) is 0 Å². The maximum Gasteiger partial charge on any atom is 0.471 e. The molecule has 0 aromatic carbocycles. The summed E-state index contributed by atoms with van der Waals surface area (Å²) in [5, 5.41) is 10.5. The maximum atomic E-state index is 11.9. The van der Waals surface area contributed by atoms with Crippen LogP contribution in [0.25, 0.3) is 0 Å². The van der Waals surface area contributed by atoms with Crippen LogP contribution in [-0.2, 0) is 9.59 Å². The van der Waals surface area contributed by atoms with Gasteiger partial charge in [-0.1, -0.05) is 0 Å². The molecule has 1 heterocycles. The molecule has 1 rings (SSSR count). The summed E-state index contributed by atoms with van der Waals surface area (Å²) in [6.07, 6.45) is -3.79. The number of amides is 1. The molecule has 2 N–H and O–H groups in total. The Kier molecular flexibility index (Phi) is 4.33. The van der Waals surface area contributed by atoms with Crippen molar-refractivity contribution in [2.75, 3.05) is 19.8 Å². The number of halogens is 3. The van der Waals surface area contributed by atoms with Gasteiger partial charge < -0.3 is 10.4 Å². The number of carboxylic acids is 1. The number of likely N-dealkylation sites (tertiary alicyclic amines) is 1. The van der Waals surface area contributed by atoms with E-state index in [1.54, 1.807) is 5.32 Å². The number of carbonyl (C=O) groups excluding carboxylic acids is 1. The predicted molar refractivity (Wildman–Crippen MR) is 51.0 cm³/mol. The van der Waals surface area contributed by atoms with Crippen molar-refractivity contribution in [3.8, 4) is 0 Å². The van der Waals surface area contributed by atoms with E-state index < -0.39 is 24.0 Å². The number of carbonyl (C=O) groups is 2. The zero-order chi connectivity index (χ0) is 13.1. The second-order valence-corrected chi connectivity index (χ2v) is 3.92. The average molecular weight is 254 g/mol. The summed E-state index contributed by atoms with van der Waals surface area (Å²) < 4.78 is 35.7. The molecule has 0 spiro atoms. The van der Waals surface area contributed by atoms with E-state index in [4.69, 9.17) is 5.11 Å². The summed E-state index contributed by atoms with van der Waals surface area (Å²) in [7, 11) is 0. The molecule has 1 aliphatic heterocycles. The third kappa shape index (κ3) is 4.22. The predicted octanol–water partition coefficient (Wildman–Crippen LogP) is 0.419. The van der Waals surface area contributed by atoms with Crippen LogP contribution in [0.4, 0.5) is 13.2 Å². The minimum atomic E-state index is -4.90. The fourth-order valence-corrected chi connectivity index (χ4v) is 1.68. The lowest BCUT2D eigenvalue weighted by Crippen LogP contribution is -2.47. The van der Waals surface area contributed by atoms with E-state index in [1.165, 1.54) is 4.90 Å². The Labute approximate surface area is 95.6 Å². The summed E-state index contributed by atoms with van der Waals surface area (Å²) in [6, 6.07) is 0. The van der Waals surface area contributed by atoms with E-state index in [9.17, 15) is 22.8 Å². The third-order valence-electron chi connectivity index (χ3n) is 2.58. The first-order chi connectivity index (χ1) is 7.80. The first-order valence-corrected chi connectivity index (χ1v) is 5.11. The molecule has 5 nitrogen and oxygen atoms in total. The first kappa shape index (κ1) is 13.8. The Balaban J connectivity index is 2.37. The van der Waals surface area contributed by atoms with Crippen LogP contribution in [0.1, 0.15) is 12.8 Å². The highest BCUT2D eigenvalue weighted by Gasteiger charge is 2.38. The molecule has 1 unspecified atom stereocenters. The van der Waals surface area contributed by atoms with Crippen molar-refractivity contribution in [2.24, 2.45) is 5.92 Å². The van der Waals surface area contributed by atoms with Crippen LogP contribution in [0.2, 0.25) is 0 Å². The van der Waals surface area contributed by atoms with Gasteiger partial charge in [-0.3, -0.25) is 14.5 Å². The van der Waals surface area contributed by atoms with Crippen LogP contribution in [0.5, 0.6) is 0 Å². The summed E-state index contributed by atoms with van der Waals surface area (Å²) in [6.45, 7) is 0.373. The van der Waals surface area contributed by atoms with Gasteiger partial charge in [-0.05, 0) is 19.4 Å². The van der Waals surface area contributed by atoms with Gasteiger partial charge >= 0.3 is 18.1 Å². The van der Waals surface area contributed by atoms with Gasteiger partial charge in [-0.2, -0.15) is 13.2 Å². The number of hydrogen-bond donors (Lipinski definition) is 2. The highest BCUT2D eigenvalue weighted by atomic mass is 19.4. The van der Waals surface area contributed by atoms with Crippen molar-refractivity contribution in [2.45, 2.75) is 19.0 Å². The number of rotatable bonds is 3. The molecule has 0 bridgehead atoms. The van der Waals surface area contributed by atoms with Crippen molar-refractivity contribution < 1.29 is 27.9 Å². The zero-order valence-corrected chi connectivity index (χ0v) is 8.96. The Bertz CT molecular complexity index is 306. The Morgan fingerprint density at radius 1 is 1.41 bits per heavy atom. The van der Waals surface area contributed by atoms with Crippen LogP contribution in [0.15, 0.2) is 0 Å². The number of carboxylic acid groups (broad SMARTS) is 1. The molecule has 0 radical (unpaired) electrons. The fourth-order valence-electron chi connectivity index (χ4n) is 1.68. The van der Waals surface area contributed by atoms with Gasteiger partial charge in [0.15, 0.2) is 0 Å². The molecule has 1 amide bonds. The number of piperidine rings is 1. The minimum absolute atomic E-state index is 0.160.